The molecule has 1 aromatic heterocycles. The van der Waals surface area contributed by atoms with Crippen LogP contribution in [0.1, 0.15) is 60.6 Å². The molecule has 0 spiro atoms. The van der Waals surface area contributed by atoms with Gasteiger partial charge in [-0.1, -0.05) is 32.9 Å². The maximum Gasteiger partial charge on any atom is 0.244 e. The van der Waals surface area contributed by atoms with Crippen molar-refractivity contribution >= 4 is 11.7 Å². The molecule has 1 heterocycles. The number of hydrogen-bond donors (Lipinski definition) is 2. The molecular formula is C21H38N4O4. The lowest BCUT2D eigenvalue weighted by atomic mass is 10.1. The van der Waals surface area contributed by atoms with E-state index in [2.05, 4.69) is 29.5 Å². The van der Waals surface area contributed by atoms with E-state index in [9.17, 15) is 9.59 Å². The molecule has 166 valence electrons. The van der Waals surface area contributed by atoms with Gasteiger partial charge in [0, 0.05) is 25.2 Å². The van der Waals surface area contributed by atoms with Gasteiger partial charge in [-0.3, -0.25) is 9.59 Å². The van der Waals surface area contributed by atoms with Crippen LogP contribution in [0.15, 0.2) is 18.3 Å². The molecule has 29 heavy (non-hydrogen) atoms. The van der Waals surface area contributed by atoms with Crippen molar-refractivity contribution in [3.8, 4) is 0 Å². The molecule has 8 heteroatoms. The smallest absolute Gasteiger partial charge is 0.244 e. The fraction of sp³-hybridized carbons (Fsp3) is 0.714. The number of carbonyl (C=O) groups is 2. The monoisotopic (exact) mass is 410 g/mol. The Balaban J connectivity index is 0.00000245. The molecule has 0 radical (unpaired) electrons. The van der Waals surface area contributed by atoms with E-state index in [1.807, 2.05) is 13.8 Å². The van der Waals surface area contributed by atoms with Crippen LogP contribution in [0.2, 0.25) is 0 Å². The average Bonchev–Trinajstić information content (AvgIpc) is 3.04. The van der Waals surface area contributed by atoms with Gasteiger partial charge in [-0.15, -0.1) is 5.10 Å². The van der Waals surface area contributed by atoms with Crippen LogP contribution in [0.5, 0.6) is 0 Å². The second kappa shape index (κ2) is 14.0. The third kappa shape index (κ3) is 13.7. The van der Waals surface area contributed by atoms with Crippen LogP contribution in [-0.4, -0.2) is 50.6 Å². The van der Waals surface area contributed by atoms with Gasteiger partial charge in [0.25, 0.3) is 0 Å². The van der Waals surface area contributed by atoms with Crippen molar-refractivity contribution in [3.63, 3.8) is 0 Å². The molecule has 8 nitrogen and oxygen atoms in total. The summed E-state index contributed by atoms with van der Waals surface area (Å²) in [4.78, 5) is 23.2. The van der Waals surface area contributed by atoms with Gasteiger partial charge in [0.1, 0.15) is 5.69 Å². The Morgan fingerprint density at radius 1 is 1.28 bits per heavy atom. The second-order valence-electron chi connectivity index (χ2n) is 8.12. The number of rotatable bonds is 11. The van der Waals surface area contributed by atoms with Gasteiger partial charge in [-0.25, -0.2) is 4.68 Å². The standard InChI is InChI=1S/C19H32N4O3.C2H6O/c1-14(2)9-10-26-19(5,6)13-23-12-16(21-22-23)11-20-18(25)8-7-17(24)15(3)4;1-2-3/h7-8,12,14-15H,9-11,13H2,1-6H3,(H,20,25);3H,2H2,1H3/b8-7-;. The summed E-state index contributed by atoms with van der Waals surface area (Å²) in [7, 11) is 0. The summed E-state index contributed by atoms with van der Waals surface area (Å²) < 4.78 is 7.64. The van der Waals surface area contributed by atoms with E-state index in [0.717, 1.165) is 6.42 Å². The van der Waals surface area contributed by atoms with Gasteiger partial charge in [0.05, 0.1) is 24.9 Å². The van der Waals surface area contributed by atoms with E-state index in [4.69, 9.17) is 9.84 Å². The lowest BCUT2D eigenvalue weighted by Crippen LogP contribution is -2.31. The minimum Gasteiger partial charge on any atom is -0.397 e. The van der Waals surface area contributed by atoms with Gasteiger partial charge in [0.2, 0.25) is 5.91 Å². The normalized spacial score (nSPS) is 11.7. The third-order valence-electron chi connectivity index (χ3n) is 3.73. The number of aromatic nitrogens is 3. The fourth-order valence-corrected chi connectivity index (χ4v) is 2.09. The van der Waals surface area contributed by atoms with Crippen LogP contribution in [-0.2, 0) is 27.4 Å². The molecule has 1 aromatic rings. The first-order valence-electron chi connectivity index (χ1n) is 10.1. The highest BCUT2D eigenvalue weighted by Crippen LogP contribution is 2.14. The highest BCUT2D eigenvalue weighted by atomic mass is 16.5. The predicted octanol–water partition coefficient (Wildman–Crippen LogP) is 2.52. The van der Waals surface area contributed by atoms with E-state index in [1.54, 1.807) is 31.6 Å². The number of carbonyl (C=O) groups excluding carboxylic acids is 2. The maximum atomic E-state index is 11.7. The van der Waals surface area contributed by atoms with Gasteiger partial charge < -0.3 is 15.2 Å². The minimum atomic E-state index is -0.344. The predicted molar refractivity (Wildman–Crippen MR) is 113 cm³/mol. The topological polar surface area (TPSA) is 106 Å². The molecule has 1 rings (SSSR count). The molecule has 0 bridgehead atoms. The van der Waals surface area contributed by atoms with Gasteiger partial charge in [-0.2, -0.15) is 0 Å². The van der Waals surface area contributed by atoms with Crippen LogP contribution in [0, 0.1) is 11.8 Å². The first kappa shape index (κ1) is 26.9. The maximum absolute atomic E-state index is 11.7. The number of allylic oxidation sites excluding steroid dienone is 1. The van der Waals surface area contributed by atoms with Crippen molar-refractivity contribution < 1.29 is 19.4 Å². The molecule has 0 aliphatic rings. The van der Waals surface area contributed by atoms with Crippen LogP contribution in [0.25, 0.3) is 0 Å². The SMILES string of the molecule is CC(C)CCOC(C)(C)Cn1cc(CNC(=O)/C=C\C(=O)C(C)C)nn1.CCO. The van der Waals surface area contributed by atoms with Gasteiger partial charge in [0.15, 0.2) is 5.78 Å². The zero-order valence-electron chi connectivity index (χ0n) is 18.9. The quantitative estimate of drug-likeness (QED) is 0.543. The lowest BCUT2D eigenvalue weighted by molar-refractivity contribution is -0.119. The summed E-state index contributed by atoms with van der Waals surface area (Å²) in [6, 6.07) is 0. The van der Waals surface area contributed by atoms with Crippen molar-refractivity contribution in [1.82, 2.24) is 20.3 Å². The summed E-state index contributed by atoms with van der Waals surface area (Å²) in [5.74, 6) is 0.0824. The fourth-order valence-electron chi connectivity index (χ4n) is 2.09. The van der Waals surface area contributed by atoms with Crippen molar-refractivity contribution in [2.75, 3.05) is 13.2 Å². The Morgan fingerprint density at radius 2 is 1.90 bits per heavy atom. The number of amides is 1. The number of aliphatic hydroxyl groups excluding tert-OH is 1. The molecule has 0 fully saturated rings. The van der Waals surface area contributed by atoms with E-state index in [-0.39, 0.29) is 36.4 Å². The zero-order chi connectivity index (χ0) is 22.4. The summed E-state index contributed by atoms with van der Waals surface area (Å²) in [6.07, 6.45) is 5.36. The van der Waals surface area contributed by atoms with E-state index < -0.39 is 0 Å². The molecule has 2 N–H and O–H groups in total. The van der Waals surface area contributed by atoms with Crippen LogP contribution in [0.3, 0.4) is 0 Å². The number of nitrogens with one attached hydrogen (secondary N) is 1. The highest BCUT2D eigenvalue weighted by Gasteiger charge is 2.20. The van der Waals surface area contributed by atoms with Crippen molar-refractivity contribution in [3.05, 3.63) is 24.0 Å². The molecule has 0 aliphatic carbocycles. The van der Waals surface area contributed by atoms with Crippen molar-refractivity contribution in [2.24, 2.45) is 11.8 Å². The third-order valence-corrected chi connectivity index (χ3v) is 3.73. The summed E-state index contributed by atoms with van der Waals surface area (Å²) in [5.41, 5.74) is 0.309. The molecule has 0 aliphatic heterocycles. The molecule has 0 saturated carbocycles. The minimum absolute atomic E-state index is 0.0780. The lowest BCUT2D eigenvalue weighted by Gasteiger charge is -2.25. The molecule has 0 aromatic carbocycles. The van der Waals surface area contributed by atoms with E-state index in [1.165, 1.54) is 12.2 Å². The van der Waals surface area contributed by atoms with Crippen molar-refractivity contribution in [2.45, 2.75) is 73.6 Å². The molecule has 0 unspecified atom stereocenters. The molecule has 0 saturated heterocycles. The summed E-state index contributed by atoms with van der Waals surface area (Å²) in [5, 5.41) is 18.4. The Hall–Kier alpha value is -2.06. The largest absolute Gasteiger partial charge is 0.397 e. The van der Waals surface area contributed by atoms with E-state index >= 15 is 0 Å². The summed E-state index contributed by atoms with van der Waals surface area (Å²) >= 11 is 0. The Kier molecular flexibility index (Phi) is 13.0. The Morgan fingerprint density at radius 3 is 2.45 bits per heavy atom. The average molecular weight is 411 g/mol. The van der Waals surface area contributed by atoms with Crippen molar-refractivity contribution in [1.29, 1.82) is 0 Å². The molecule has 1 amide bonds. The van der Waals surface area contributed by atoms with Gasteiger partial charge in [-0.05, 0) is 39.2 Å². The highest BCUT2D eigenvalue weighted by molar-refractivity contribution is 5.98. The first-order chi connectivity index (χ1) is 13.5. The summed E-state index contributed by atoms with van der Waals surface area (Å²) in [6.45, 7) is 15.4. The van der Waals surface area contributed by atoms with Crippen LogP contribution < -0.4 is 5.32 Å². The zero-order valence-corrected chi connectivity index (χ0v) is 18.9. The molecular weight excluding hydrogens is 372 g/mol. The first-order valence-corrected chi connectivity index (χ1v) is 10.1. The number of hydrogen-bond acceptors (Lipinski definition) is 6. The molecule has 0 atom stereocenters. The number of ether oxygens (including phenoxy) is 1. The second-order valence-corrected chi connectivity index (χ2v) is 8.12. The Bertz CT molecular complexity index is 636. The van der Waals surface area contributed by atoms with Crippen LogP contribution in [0.4, 0.5) is 0 Å². The number of nitrogens with zero attached hydrogens (tertiary/aromatic N) is 3. The Labute approximate surface area is 174 Å². The number of ketones is 1. The van der Waals surface area contributed by atoms with E-state index in [0.29, 0.717) is 24.8 Å². The van der Waals surface area contributed by atoms with Gasteiger partial charge >= 0.3 is 0 Å². The number of aliphatic hydroxyl groups is 1. The van der Waals surface area contributed by atoms with Crippen LogP contribution >= 0.6 is 0 Å².